The van der Waals surface area contributed by atoms with Gasteiger partial charge in [-0.3, -0.25) is 4.79 Å². The second kappa shape index (κ2) is 8.03. The van der Waals surface area contributed by atoms with Gasteiger partial charge in [0, 0.05) is 44.0 Å². The first kappa shape index (κ1) is 15.8. The molecular weight excluding hydrogens is 262 g/mol. The van der Waals surface area contributed by atoms with Gasteiger partial charge in [-0.2, -0.15) is 0 Å². The van der Waals surface area contributed by atoms with Gasteiger partial charge in [0.05, 0.1) is 0 Å². The molecule has 1 aromatic carbocycles. The molecule has 1 saturated heterocycles. The first-order valence-corrected chi connectivity index (χ1v) is 8.02. The number of anilines is 2. The molecule has 4 heteroatoms. The molecule has 0 atom stereocenters. The number of carbonyl (C=O) groups excluding carboxylic acids is 1. The van der Waals surface area contributed by atoms with Crippen LogP contribution in [0.25, 0.3) is 0 Å². The molecule has 0 aliphatic carbocycles. The third-order valence-corrected chi connectivity index (χ3v) is 4.03. The van der Waals surface area contributed by atoms with Gasteiger partial charge in [-0.1, -0.05) is 19.8 Å². The SMILES string of the molecule is CCCCCC(=O)Nc1ccc(N2CCN(C)CC2)cc1. The average molecular weight is 289 g/mol. The van der Waals surface area contributed by atoms with Crippen molar-refractivity contribution in [3.8, 4) is 0 Å². The number of nitrogens with one attached hydrogen (secondary N) is 1. The third kappa shape index (κ3) is 5.05. The summed E-state index contributed by atoms with van der Waals surface area (Å²) in [5.74, 6) is 0.121. The predicted octanol–water partition coefficient (Wildman–Crippen LogP) is 2.96. The summed E-state index contributed by atoms with van der Waals surface area (Å²) in [4.78, 5) is 16.5. The summed E-state index contributed by atoms with van der Waals surface area (Å²) in [5.41, 5.74) is 2.14. The Labute approximate surface area is 128 Å². The van der Waals surface area contributed by atoms with Gasteiger partial charge in [-0.05, 0) is 37.7 Å². The van der Waals surface area contributed by atoms with Gasteiger partial charge in [0.25, 0.3) is 0 Å². The quantitative estimate of drug-likeness (QED) is 0.818. The largest absolute Gasteiger partial charge is 0.369 e. The number of unbranched alkanes of at least 4 members (excludes halogenated alkanes) is 2. The highest BCUT2D eigenvalue weighted by molar-refractivity contribution is 5.90. The Kier molecular flexibility index (Phi) is 6.05. The minimum absolute atomic E-state index is 0.121. The van der Waals surface area contributed by atoms with E-state index in [1.54, 1.807) is 0 Å². The van der Waals surface area contributed by atoms with Gasteiger partial charge < -0.3 is 15.1 Å². The summed E-state index contributed by atoms with van der Waals surface area (Å²) >= 11 is 0. The summed E-state index contributed by atoms with van der Waals surface area (Å²) in [6.07, 6.45) is 3.86. The topological polar surface area (TPSA) is 35.6 Å². The highest BCUT2D eigenvalue weighted by atomic mass is 16.1. The molecule has 1 aliphatic heterocycles. The lowest BCUT2D eigenvalue weighted by molar-refractivity contribution is -0.116. The predicted molar refractivity (Wildman–Crippen MR) is 88.9 cm³/mol. The van der Waals surface area contributed by atoms with Gasteiger partial charge in [-0.25, -0.2) is 0 Å². The van der Waals surface area contributed by atoms with Crippen LogP contribution < -0.4 is 10.2 Å². The van der Waals surface area contributed by atoms with Crippen molar-refractivity contribution in [2.75, 3.05) is 43.4 Å². The molecule has 1 aromatic rings. The average Bonchev–Trinajstić information content (AvgIpc) is 2.49. The molecule has 0 aromatic heterocycles. The maximum Gasteiger partial charge on any atom is 0.224 e. The van der Waals surface area contributed by atoms with E-state index in [-0.39, 0.29) is 5.91 Å². The highest BCUT2D eigenvalue weighted by Crippen LogP contribution is 2.19. The third-order valence-electron chi connectivity index (χ3n) is 4.03. The van der Waals surface area contributed by atoms with Crippen molar-refractivity contribution in [2.24, 2.45) is 0 Å². The van der Waals surface area contributed by atoms with E-state index in [9.17, 15) is 4.79 Å². The molecule has 1 aliphatic rings. The van der Waals surface area contributed by atoms with Crippen LogP contribution in [0.15, 0.2) is 24.3 Å². The molecule has 116 valence electrons. The van der Waals surface area contributed by atoms with Crippen molar-refractivity contribution in [1.82, 2.24) is 4.90 Å². The number of piperazine rings is 1. The first-order chi connectivity index (χ1) is 10.2. The van der Waals surface area contributed by atoms with E-state index in [1.807, 2.05) is 12.1 Å². The van der Waals surface area contributed by atoms with Gasteiger partial charge in [0.2, 0.25) is 5.91 Å². The summed E-state index contributed by atoms with van der Waals surface area (Å²) < 4.78 is 0. The number of hydrogen-bond acceptors (Lipinski definition) is 3. The van der Waals surface area contributed by atoms with Crippen molar-refractivity contribution in [3.05, 3.63) is 24.3 Å². The van der Waals surface area contributed by atoms with Crippen LogP contribution in [0.5, 0.6) is 0 Å². The molecule has 1 fully saturated rings. The Morgan fingerprint density at radius 2 is 1.76 bits per heavy atom. The van der Waals surface area contributed by atoms with Crippen molar-refractivity contribution < 1.29 is 4.79 Å². The van der Waals surface area contributed by atoms with E-state index in [2.05, 4.69) is 41.2 Å². The minimum atomic E-state index is 0.121. The highest BCUT2D eigenvalue weighted by Gasteiger charge is 2.14. The molecule has 1 heterocycles. The Morgan fingerprint density at radius 3 is 2.38 bits per heavy atom. The fourth-order valence-electron chi connectivity index (χ4n) is 2.58. The Hall–Kier alpha value is -1.55. The van der Waals surface area contributed by atoms with Gasteiger partial charge in [-0.15, -0.1) is 0 Å². The maximum absolute atomic E-state index is 11.8. The molecule has 1 amide bonds. The maximum atomic E-state index is 11.8. The molecule has 0 saturated carbocycles. The van der Waals surface area contributed by atoms with E-state index in [1.165, 1.54) is 5.69 Å². The van der Waals surface area contributed by atoms with E-state index in [0.717, 1.165) is 51.1 Å². The zero-order valence-corrected chi connectivity index (χ0v) is 13.3. The number of amides is 1. The molecule has 0 radical (unpaired) electrons. The zero-order chi connectivity index (χ0) is 15.1. The molecule has 0 spiro atoms. The van der Waals surface area contributed by atoms with Crippen LogP contribution in [0.3, 0.4) is 0 Å². The van der Waals surface area contributed by atoms with Crippen LogP contribution in [-0.4, -0.2) is 44.0 Å². The fraction of sp³-hybridized carbons (Fsp3) is 0.588. The number of carbonyl (C=O) groups is 1. The van der Waals surface area contributed by atoms with Gasteiger partial charge in [0.15, 0.2) is 0 Å². The van der Waals surface area contributed by atoms with E-state index in [4.69, 9.17) is 0 Å². The summed E-state index contributed by atoms with van der Waals surface area (Å²) in [5, 5.41) is 2.97. The van der Waals surface area contributed by atoms with E-state index < -0.39 is 0 Å². The number of hydrogen-bond donors (Lipinski definition) is 1. The Morgan fingerprint density at radius 1 is 1.10 bits per heavy atom. The van der Waals surface area contributed by atoms with Gasteiger partial charge in [0.1, 0.15) is 0 Å². The normalized spacial score (nSPS) is 16.0. The number of nitrogens with zero attached hydrogens (tertiary/aromatic N) is 2. The number of rotatable bonds is 6. The van der Waals surface area contributed by atoms with Crippen molar-refractivity contribution in [1.29, 1.82) is 0 Å². The first-order valence-electron chi connectivity index (χ1n) is 8.02. The van der Waals surface area contributed by atoms with Crippen LogP contribution in [0.1, 0.15) is 32.6 Å². The zero-order valence-electron chi connectivity index (χ0n) is 13.3. The standard InChI is InChI=1S/C17H27N3O/c1-3-4-5-6-17(21)18-15-7-9-16(10-8-15)20-13-11-19(2)12-14-20/h7-10H,3-6,11-14H2,1-2H3,(H,18,21). The van der Waals surface area contributed by atoms with Crippen molar-refractivity contribution in [3.63, 3.8) is 0 Å². The molecule has 2 rings (SSSR count). The Bertz CT molecular complexity index is 436. The van der Waals surface area contributed by atoms with Crippen molar-refractivity contribution >= 4 is 17.3 Å². The number of likely N-dealkylation sites (N-methyl/N-ethyl adjacent to an activating group) is 1. The van der Waals surface area contributed by atoms with Crippen LogP contribution >= 0.6 is 0 Å². The summed E-state index contributed by atoms with van der Waals surface area (Å²) in [7, 11) is 2.16. The molecule has 0 bridgehead atoms. The lowest BCUT2D eigenvalue weighted by Gasteiger charge is -2.34. The molecule has 0 unspecified atom stereocenters. The molecule has 4 nitrogen and oxygen atoms in total. The summed E-state index contributed by atoms with van der Waals surface area (Å²) in [6.45, 7) is 6.50. The smallest absolute Gasteiger partial charge is 0.224 e. The Balaban J connectivity index is 1.83. The molecular formula is C17H27N3O. The van der Waals surface area contributed by atoms with Crippen LogP contribution in [0.2, 0.25) is 0 Å². The second-order valence-corrected chi connectivity index (χ2v) is 5.84. The van der Waals surface area contributed by atoms with E-state index >= 15 is 0 Å². The van der Waals surface area contributed by atoms with Crippen LogP contribution in [-0.2, 0) is 4.79 Å². The number of benzene rings is 1. The molecule has 1 N–H and O–H groups in total. The van der Waals surface area contributed by atoms with Crippen LogP contribution in [0.4, 0.5) is 11.4 Å². The van der Waals surface area contributed by atoms with Gasteiger partial charge >= 0.3 is 0 Å². The van der Waals surface area contributed by atoms with E-state index in [0.29, 0.717) is 6.42 Å². The second-order valence-electron chi connectivity index (χ2n) is 5.84. The lowest BCUT2D eigenvalue weighted by Crippen LogP contribution is -2.44. The monoisotopic (exact) mass is 289 g/mol. The molecule has 21 heavy (non-hydrogen) atoms. The fourth-order valence-corrected chi connectivity index (χ4v) is 2.58. The lowest BCUT2D eigenvalue weighted by atomic mass is 10.2. The van der Waals surface area contributed by atoms with Crippen molar-refractivity contribution in [2.45, 2.75) is 32.6 Å². The summed E-state index contributed by atoms with van der Waals surface area (Å²) in [6, 6.07) is 8.22. The van der Waals surface area contributed by atoms with Crippen LogP contribution in [0, 0.1) is 0 Å². The minimum Gasteiger partial charge on any atom is -0.369 e.